The molecule has 1 aromatic rings. The molecule has 3 rings (SSSR count). The second kappa shape index (κ2) is 5.27. The first-order chi connectivity index (χ1) is 10.0. The lowest BCUT2D eigenvalue weighted by atomic mass is 9.90. The van der Waals surface area contributed by atoms with Crippen LogP contribution in [0.4, 0.5) is 9.18 Å². The van der Waals surface area contributed by atoms with Crippen molar-refractivity contribution in [3.05, 3.63) is 34.6 Å². The van der Waals surface area contributed by atoms with Crippen LogP contribution >= 0.6 is 11.6 Å². The van der Waals surface area contributed by atoms with Crippen molar-refractivity contribution in [2.24, 2.45) is 0 Å². The zero-order chi connectivity index (χ0) is 15.0. The van der Waals surface area contributed by atoms with E-state index in [1.807, 2.05) is 0 Å². The second-order valence-corrected chi connectivity index (χ2v) is 5.66. The first-order valence-electron chi connectivity index (χ1n) is 6.68. The molecule has 0 radical (unpaired) electrons. The third-order valence-corrected chi connectivity index (χ3v) is 4.30. The summed E-state index contributed by atoms with van der Waals surface area (Å²) in [5.74, 6) is -0.752. The first kappa shape index (κ1) is 14.3. The molecule has 1 N–H and O–H groups in total. The van der Waals surface area contributed by atoms with Crippen molar-refractivity contribution >= 4 is 23.5 Å². The van der Waals surface area contributed by atoms with Crippen LogP contribution in [0, 0.1) is 5.82 Å². The quantitative estimate of drug-likeness (QED) is 0.851. The fourth-order valence-electron chi connectivity index (χ4n) is 2.71. The van der Waals surface area contributed by atoms with Gasteiger partial charge in [-0.15, -0.1) is 0 Å². The van der Waals surface area contributed by atoms with Gasteiger partial charge in [0.05, 0.1) is 6.54 Å². The SMILES string of the molecule is O=C1NC2(CCOCC2)C(=O)N1Cc1cc(F)ccc1Cl. The third-order valence-electron chi connectivity index (χ3n) is 3.93. The lowest BCUT2D eigenvalue weighted by Gasteiger charge is -2.30. The molecule has 1 spiro atoms. The van der Waals surface area contributed by atoms with Crippen LogP contribution in [0.3, 0.4) is 0 Å². The predicted octanol–water partition coefficient (Wildman–Crippen LogP) is 2.08. The number of hydrogen-bond donors (Lipinski definition) is 1. The van der Waals surface area contributed by atoms with Gasteiger partial charge in [0.1, 0.15) is 11.4 Å². The Kier molecular flexibility index (Phi) is 3.59. The summed E-state index contributed by atoms with van der Waals surface area (Å²) in [5.41, 5.74) is -0.473. The van der Waals surface area contributed by atoms with Crippen molar-refractivity contribution in [1.82, 2.24) is 10.2 Å². The van der Waals surface area contributed by atoms with E-state index < -0.39 is 17.4 Å². The van der Waals surface area contributed by atoms with Crippen LogP contribution in [0.5, 0.6) is 0 Å². The minimum absolute atomic E-state index is 0.0378. The molecule has 0 aliphatic carbocycles. The molecule has 0 unspecified atom stereocenters. The maximum absolute atomic E-state index is 13.3. The maximum Gasteiger partial charge on any atom is 0.325 e. The Balaban J connectivity index is 1.84. The number of carbonyl (C=O) groups is 2. The molecule has 2 fully saturated rings. The molecular weight excluding hydrogens is 299 g/mol. The highest BCUT2D eigenvalue weighted by atomic mass is 35.5. The van der Waals surface area contributed by atoms with Gasteiger partial charge in [-0.05, 0) is 23.8 Å². The van der Waals surface area contributed by atoms with Crippen LogP contribution in [0.25, 0.3) is 0 Å². The maximum atomic E-state index is 13.3. The van der Waals surface area contributed by atoms with Crippen LogP contribution < -0.4 is 5.32 Å². The van der Waals surface area contributed by atoms with Gasteiger partial charge in [0, 0.05) is 31.1 Å². The number of urea groups is 1. The minimum atomic E-state index is -0.880. The molecule has 0 aromatic heterocycles. The fourth-order valence-corrected chi connectivity index (χ4v) is 2.89. The number of hydrogen-bond acceptors (Lipinski definition) is 3. The molecule has 2 saturated heterocycles. The molecule has 21 heavy (non-hydrogen) atoms. The third kappa shape index (κ3) is 2.49. The standard InChI is InChI=1S/C14H14ClFN2O3/c15-11-2-1-10(16)7-9(11)8-18-12(19)14(17-13(18)20)3-5-21-6-4-14/h1-2,7H,3-6,8H2,(H,17,20). The Hall–Kier alpha value is -1.66. The second-order valence-electron chi connectivity index (χ2n) is 5.25. The number of nitrogens with one attached hydrogen (secondary N) is 1. The average Bonchev–Trinajstić information content (AvgIpc) is 2.68. The van der Waals surface area contributed by atoms with Gasteiger partial charge < -0.3 is 10.1 Å². The lowest BCUT2D eigenvalue weighted by Crippen LogP contribution is -2.51. The Labute approximate surface area is 126 Å². The number of nitrogens with zero attached hydrogens (tertiary/aromatic N) is 1. The number of amides is 3. The van der Waals surface area contributed by atoms with E-state index in [0.717, 1.165) is 4.90 Å². The molecule has 7 heteroatoms. The van der Waals surface area contributed by atoms with Gasteiger partial charge in [0.15, 0.2) is 0 Å². The van der Waals surface area contributed by atoms with Gasteiger partial charge in [-0.25, -0.2) is 9.18 Å². The van der Waals surface area contributed by atoms with Crippen LogP contribution in [0.1, 0.15) is 18.4 Å². The van der Waals surface area contributed by atoms with Crippen molar-refractivity contribution in [2.75, 3.05) is 13.2 Å². The van der Waals surface area contributed by atoms with Gasteiger partial charge in [0.25, 0.3) is 5.91 Å². The predicted molar refractivity (Wildman–Crippen MR) is 73.3 cm³/mol. The molecule has 112 valence electrons. The highest BCUT2D eigenvalue weighted by Gasteiger charge is 2.51. The normalized spacial score (nSPS) is 21.0. The summed E-state index contributed by atoms with van der Waals surface area (Å²) in [5, 5.41) is 3.07. The van der Waals surface area contributed by atoms with Crippen molar-refractivity contribution in [3.8, 4) is 0 Å². The zero-order valence-corrected chi connectivity index (χ0v) is 12.0. The highest BCUT2D eigenvalue weighted by Crippen LogP contribution is 2.30. The van der Waals surface area contributed by atoms with Gasteiger partial charge in [-0.3, -0.25) is 9.69 Å². The Bertz CT molecular complexity index is 602. The largest absolute Gasteiger partial charge is 0.381 e. The Morgan fingerprint density at radius 3 is 2.76 bits per heavy atom. The number of rotatable bonds is 2. The molecule has 1 aromatic carbocycles. The fraction of sp³-hybridized carbons (Fsp3) is 0.429. The molecule has 2 heterocycles. The molecule has 5 nitrogen and oxygen atoms in total. The van der Waals surface area contributed by atoms with E-state index in [9.17, 15) is 14.0 Å². The molecule has 0 saturated carbocycles. The summed E-state index contributed by atoms with van der Waals surface area (Å²) in [6.07, 6.45) is 0.899. The summed E-state index contributed by atoms with van der Waals surface area (Å²) in [6, 6.07) is 3.41. The topological polar surface area (TPSA) is 58.6 Å². The van der Waals surface area contributed by atoms with Crippen LogP contribution in [0.15, 0.2) is 18.2 Å². The molecular formula is C14H14ClFN2O3. The van der Waals surface area contributed by atoms with Crippen LogP contribution in [-0.2, 0) is 16.1 Å². The number of carbonyl (C=O) groups excluding carboxylic acids is 2. The molecule has 0 atom stereocenters. The zero-order valence-electron chi connectivity index (χ0n) is 11.2. The number of benzene rings is 1. The molecule has 0 bridgehead atoms. The van der Waals surface area contributed by atoms with Gasteiger partial charge in [-0.2, -0.15) is 0 Å². The van der Waals surface area contributed by atoms with Crippen molar-refractivity contribution < 1.29 is 18.7 Å². The van der Waals surface area contributed by atoms with E-state index >= 15 is 0 Å². The summed E-state index contributed by atoms with van der Waals surface area (Å²) in [7, 11) is 0. The van der Waals surface area contributed by atoms with Crippen LogP contribution in [0.2, 0.25) is 5.02 Å². The average molecular weight is 313 g/mol. The van der Waals surface area contributed by atoms with E-state index in [-0.39, 0.29) is 12.5 Å². The summed E-state index contributed by atoms with van der Waals surface area (Å²) >= 11 is 5.99. The summed E-state index contributed by atoms with van der Waals surface area (Å²) in [6.45, 7) is 0.824. The number of ether oxygens (including phenoxy) is 1. The van der Waals surface area contributed by atoms with E-state index in [1.165, 1.54) is 18.2 Å². The van der Waals surface area contributed by atoms with Crippen molar-refractivity contribution in [2.45, 2.75) is 24.9 Å². The van der Waals surface area contributed by atoms with Gasteiger partial charge in [0.2, 0.25) is 0 Å². The van der Waals surface area contributed by atoms with Gasteiger partial charge >= 0.3 is 6.03 Å². The first-order valence-corrected chi connectivity index (χ1v) is 7.05. The van der Waals surface area contributed by atoms with Crippen molar-refractivity contribution in [1.29, 1.82) is 0 Å². The summed E-state index contributed by atoms with van der Waals surface area (Å²) in [4.78, 5) is 25.7. The lowest BCUT2D eigenvalue weighted by molar-refractivity contribution is -0.134. The van der Waals surface area contributed by atoms with Crippen molar-refractivity contribution in [3.63, 3.8) is 0 Å². The molecule has 3 amide bonds. The van der Waals surface area contributed by atoms with Gasteiger partial charge in [-0.1, -0.05) is 11.6 Å². The Morgan fingerprint density at radius 1 is 1.33 bits per heavy atom. The number of imide groups is 1. The van der Waals surface area contributed by atoms with E-state index in [2.05, 4.69) is 5.32 Å². The minimum Gasteiger partial charge on any atom is -0.381 e. The number of halogens is 2. The van der Waals surface area contributed by atoms with E-state index in [1.54, 1.807) is 0 Å². The monoisotopic (exact) mass is 312 g/mol. The van der Waals surface area contributed by atoms with E-state index in [0.29, 0.717) is 36.6 Å². The highest BCUT2D eigenvalue weighted by molar-refractivity contribution is 6.31. The Morgan fingerprint density at radius 2 is 2.05 bits per heavy atom. The molecule has 2 aliphatic heterocycles. The smallest absolute Gasteiger partial charge is 0.325 e. The summed E-state index contributed by atoms with van der Waals surface area (Å²) < 4.78 is 18.5. The van der Waals surface area contributed by atoms with Crippen LogP contribution in [-0.4, -0.2) is 35.6 Å². The van der Waals surface area contributed by atoms with E-state index in [4.69, 9.17) is 16.3 Å². The molecule has 2 aliphatic rings.